The normalized spacial score (nSPS) is 14.5. The molecular weight excluding hydrogens is 753 g/mol. The lowest BCUT2D eigenvalue weighted by molar-refractivity contribution is -0.161. The smallest absolute Gasteiger partial charge is 0.462 e. The Balaban J connectivity index is 4.29. The first kappa shape index (κ1) is 55.4. The summed E-state index contributed by atoms with van der Waals surface area (Å²) in [6, 6.07) is 0. The Morgan fingerprint density at radius 1 is 0.603 bits per heavy atom. The molecule has 0 rings (SSSR count). The molecule has 58 heavy (non-hydrogen) atoms. The van der Waals surface area contributed by atoms with Crippen molar-refractivity contribution in [2.24, 2.45) is 5.73 Å². The molecule has 0 aliphatic rings. The van der Waals surface area contributed by atoms with Crippen molar-refractivity contribution in [1.82, 2.24) is 0 Å². The second-order valence-electron chi connectivity index (χ2n) is 14.8. The third kappa shape index (κ3) is 41.6. The molecule has 3 atom stereocenters. The summed E-state index contributed by atoms with van der Waals surface area (Å²) in [5.74, 6) is -0.942. The highest BCUT2D eigenvalue weighted by atomic mass is 31.2. The van der Waals surface area contributed by atoms with Crippen molar-refractivity contribution in [3.63, 3.8) is 0 Å². The van der Waals surface area contributed by atoms with E-state index < -0.39 is 38.6 Å². The van der Waals surface area contributed by atoms with Crippen molar-refractivity contribution in [3.05, 3.63) is 72.9 Å². The Kier molecular flexibility index (Phi) is 40.6. The third-order valence-electron chi connectivity index (χ3n) is 9.15. The highest BCUT2D eigenvalue weighted by Crippen LogP contribution is 2.43. The fraction of sp³-hybridized carbons (Fsp3) is 0.702. The minimum absolute atomic E-state index is 0.0309. The predicted molar refractivity (Wildman–Crippen MR) is 239 cm³/mol. The van der Waals surface area contributed by atoms with E-state index in [1.54, 1.807) is 6.08 Å². The summed E-state index contributed by atoms with van der Waals surface area (Å²) in [4.78, 5) is 34.9. The number of phosphoric ester groups is 1. The molecule has 0 aromatic heterocycles. The molecule has 0 amide bonds. The van der Waals surface area contributed by atoms with Crippen LogP contribution in [-0.4, -0.2) is 60.5 Å². The Hall–Kier alpha value is -2.59. The molecule has 0 saturated carbocycles. The summed E-state index contributed by atoms with van der Waals surface area (Å²) >= 11 is 0. The van der Waals surface area contributed by atoms with E-state index in [4.69, 9.17) is 24.3 Å². The Morgan fingerprint density at radius 3 is 1.72 bits per heavy atom. The van der Waals surface area contributed by atoms with Gasteiger partial charge in [0, 0.05) is 19.4 Å². The van der Waals surface area contributed by atoms with E-state index in [9.17, 15) is 24.2 Å². The molecule has 10 nitrogen and oxygen atoms in total. The van der Waals surface area contributed by atoms with E-state index in [1.165, 1.54) is 77.0 Å². The minimum Gasteiger partial charge on any atom is -0.462 e. The molecule has 334 valence electrons. The quantitative estimate of drug-likeness (QED) is 0.0178. The SMILES string of the molecule is CCCCC/C=C\C/C=C\CCCCCCCCCCCC(=O)OC[C@H](COP(=O)(O)OCCN)OC(=O)CCC/C=C\C/C=C\C=C\[C@@H](O)C/C=C\CCCCC. The number of phosphoric acid groups is 1. The van der Waals surface area contributed by atoms with Gasteiger partial charge < -0.3 is 25.2 Å². The van der Waals surface area contributed by atoms with Crippen LogP contribution in [0.2, 0.25) is 0 Å². The van der Waals surface area contributed by atoms with Crippen LogP contribution < -0.4 is 5.73 Å². The topological polar surface area (TPSA) is 155 Å². The minimum atomic E-state index is -4.41. The summed E-state index contributed by atoms with van der Waals surface area (Å²) in [5, 5.41) is 10.0. The molecule has 0 heterocycles. The van der Waals surface area contributed by atoms with Crippen LogP contribution in [0.3, 0.4) is 0 Å². The predicted octanol–water partition coefficient (Wildman–Crippen LogP) is 12.0. The molecule has 0 aliphatic carbocycles. The van der Waals surface area contributed by atoms with Crippen molar-refractivity contribution in [3.8, 4) is 0 Å². The number of carbonyl (C=O) groups excluding carboxylic acids is 2. The first-order chi connectivity index (χ1) is 28.2. The van der Waals surface area contributed by atoms with Crippen molar-refractivity contribution in [1.29, 1.82) is 0 Å². The average Bonchev–Trinajstić information content (AvgIpc) is 3.21. The van der Waals surface area contributed by atoms with Gasteiger partial charge in [-0.1, -0.05) is 157 Å². The summed E-state index contributed by atoms with van der Waals surface area (Å²) < 4.78 is 32.7. The molecule has 0 fully saturated rings. The van der Waals surface area contributed by atoms with E-state index in [0.29, 0.717) is 25.7 Å². The molecule has 0 saturated heterocycles. The molecule has 0 radical (unpaired) electrons. The van der Waals surface area contributed by atoms with E-state index in [2.05, 4.69) is 44.2 Å². The van der Waals surface area contributed by atoms with Gasteiger partial charge >= 0.3 is 19.8 Å². The van der Waals surface area contributed by atoms with Gasteiger partial charge in [-0.15, -0.1) is 0 Å². The van der Waals surface area contributed by atoms with Gasteiger partial charge in [0.1, 0.15) is 6.61 Å². The van der Waals surface area contributed by atoms with Gasteiger partial charge in [0.25, 0.3) is 0 Å². The number of hydrogen-bond acceptors (Lipinski definition) is 9. The van der Waals surface area contributed by atoms with Gasteiger partial charge in [0.15, 0.2) is 6.10 Å². The number of hydrogen-bond donors (Lipinski definition) is 3. The highest BCUT2D eigenvalue weighted by molar-refractivity contribution is 7.47. The number of unbranched alkanes of at least 4 members (excludes halogenated alkanes) is 16. The van der Waals surface area contributed by atoms with Crippen molar-refractivity contribution >= 4 is 19.8 Å². The van der Waals surface area contributed by atoms with E-state index in [1.807, 2.05) is 36.5 Å². The van der Waals surface area contributed by atoms with Gasteiger partial charge in [0.05, 0.1) is 19.3 Å². The summed E-state index contributed by atoms with van der Waals surface area (Å²) in [7, 11) is -4.41. The zero-order valence-electron chi connectivity index (χ0n) is 36.4. The number of carbonyl (C=O) groups is 2. The number of aliphatic hydroxyl groups excluding tert-OH is 1. The maximum atomic E-state index is 12.6. The van der Waals surface area contributed by atoms with Gasteiger partial charge in [0.2, 0.25) is 0 Å². The number of rotatable bonds is 41. The van der Waals surface area contributed by atoms with Crippen molar-refractivity contribution in [2.45, 2.75) is 187 Å². The molecule has 0 aromatic carbocycles. The molecule has 0 aromatic rings. The standard InChI is InChI=1S/C47H82NO9P/c1-3-5-7-9-11-12-13-14-15-16-17-18-19-20-21-22-26-30-34-38-46(50)54-42-45(43-56-58(52,53)55-41-40-48)57-47(51)39-35-31-27-24-23-25-29-33-37-44(49)36-32-28-10-8-6-4-2/h11-12,14-15,24-25,27-29,32-33,37,44-45,49H,3-10,13,16-23,26,30-31,34-36,38-43,48H2,1-2H3,(H,52,53)/b12-11-,15-14-,27-24-,29-25-,32-28-,37-33+/t44-,45+/m0/s1. The van der Waals surface area contributed by atoms with Crippen LogP contribution in [0.5, 0.6) is 0 Å². The molecule has 0 bridgehead atoms. The lowest BCUT2D eigenvalue weighted by Crippen LogP contribution is -2.29. The number of esters is 2. The molecule has 4 N–H and O–H groups in total. The summed E-state index contributed by atoms with van der Waals surface area (Å²) in [6.07, 6.45) is 48.2. The Bertz CT molecular complexity index is 1200. The van der Waals surface area contributed by atoms with Gasteiger partial charge in [-0.05, 0) is 77.0 Å². The molecule has 0 spiro atoms. The zero-order chi connectivity index (χ0) is 42.6. The van der Waals surface area contributed by atoms with E-state index >= 15 is 0 Å². The van der Waals surface area contributed by atoms with Crippen LogP contribution in [0.15, 0.2) is 72.9 Å². The van der Waals surface area contributed by atoms with Crippen LogP contribution >= 0.6 is 7.82 Å². The van der Waals surface area contributed by atoms with Crippen LogP contribution in [0.1, 0.15) is 174 Å². The van der Waals surface area contributed by atoms with Crippen LogP contribution in [-0.2, 0) is 32.7 Å². The zero-order valence-corrected chi connectivity index (χ0v) is 37.3. The van der Waals surface area contributed by atoms with E-state index in [0.717, 1.165) is 44.9 Å². The lowest BCUT2D eigenvalue weighted by Gasteiger charge is -2.19. The van der Waals surface area contributed by atoms with Crippen LogP contribution in [0.25, 0.3) is 0 Å². The fourth-order valence-corrected chi connectivity index (χ4v) is 6.51. The third-order valence-corrected chi connectivity index (χ3v) is 10.1. The maximum Gasteiger partial charge on any atom is 0.472 e. The Labute approximate surface area is 353 Å². The lowest BCUT2D eigenvalue weighted by atomic mass is 10.1. The first-order valence-corrected chi connectivity index (χ1v) is 24.0. The molecular formula is C47H82NO9P. The monoisotopic (exact) mass is 836 g/mol. The molecule has 11 heteroatoms. The van der Waals surface area contributed by atoms with Crippen molar-refractivity contribution in [2.75, 3.05) is 26.4 Å². The Morgan fingerprint density at radius 2 is 1.12 bits per heavy atom. The number of aliphatic hydroxyl groups is 1. The summed E-state index contributed by atoms with van der Waals surface area (Å²) in [6.45, 7) is 3.51. The maximum absolute atomic E-state index is 12.6. The van der Waals surface area contributed by atoms with Gasteiger partial charge in [-0.25, -0.2) is 4.57 Å². The molecule has 1 unspecified atom stereocenters. The largest absolute Gasteiger partial charge is 0.472 e. The van der Waals surface area contributed by atoms with E-state index in [-0.39, 0.29) is 32.6 Å². The first-order valence-electron chi connectivity index (χ1n) is 22.5. The number of ether oxygens (including phenoxy) is 2. The second-order valence-corrected chi connectivity index (χ2v) is 16.2. The second kappa shape index (κ2) is 42.5. The van der Waals surface area contributed by atoms with Gasteiger partial charge in [-0.3, -0.25) is 18.6 Å². The summed E-state index contributed by atoms with van der Waals surface area (Å²) in [5.41, 5.74) is 5.34. The van der Waals surface area contributed by atoms with Crippen LogP contribution in [0.4, 0.5) is 0 Å². The van der Waals surface area contributed by atoms with Crippen LogP contribution in [0, 0.1) is 0 Å². The highest BCUT2D eigenvalue weighted by Gasteiger charge is 2.26. The average molecular weight is 836 g/mol. The molecule has 0 aliphatic heterocycles. The number of allylic oxidation sites excluding steroid dienone is 10. The van der Waals surface area contributed by atoms with Gasteiger partial charge in [-0.2, -0.15) is 0 Å². The fourth-order valence-electron chi connectivity index (χ4n) is 5.74. The van der Waals surface area contributed by atoms with Crippen molar-refractivity contribution < 1.29 is 42.7 Å². The number of nitrogens with two attached hydrogens (primary N) is 1.